The summed E-state index contributed by atoms with van der Waals surface area (Å²) in [4.78, 5) is 11.9. The largest absolute Gasteiger partial charge is 0.326 e. The van der Waals surface area contributed by atoms with Gasteiger partial charge in [0.2, 0.25) is 5.91 Å². The van der Waals surface area contributed by atoms with Gasteiger partial charge in [0.05, 0.1) is 5.92 Å². The van der Waals surface area contributed by atoms with E-state index in [1.165, 1.54) is 0 Å². The fourth-order valence-corrected chi connectivity index (χ4v) is 2.03. The molecule has 0 bridgehead atoms. The van der Waals surface area contributed by atoms with E-state index in [1.54, 1.807) is 0 Å². The molecule has 0 aromatic heterocycles. The molecule has 1 aromatic rings. The van der Waals surface area contributed by atoms with Crippen LogP contribution in [-0.2, 0) is 4.79 Å². The zero-order chi connectivity index (χ0) is 11.5. The summed E-state index contributed by atoms with van der Waals surface area (Å²) in [6.07, 6.45) is 0.908. The Bertz CT molecular complexity index is 403. The molecule has 1 aliphatic heterocycles. The van der Waals surface area contributed by atoms with E-state index in [0.29, 0.717) is 5.02 Å². The van der Waals surface area contributed by atoms with Gasteiger partial charge in [-0.15, -0.1) is 12.4 Å². The molecule has 0 spiro atoms. The van der Waals surface area contributed by atoms with Crippen molar-refractivity contribution in [3.63, 3.8) is 0 Å². The van der Waals surface area contributed by atoms with Crippen LogP contribution in [0.5, 0.6) is 0 Å². The van der Waals surface area contributed by atoms with Gasteiger partial charge in [-0.2, -0.15) is 0 Å². The zero-order valence-electron chi connectivity index (χ0n) is 9.63. The van der Waals surface area contributed by atoms with Crippen molar-refractivity contribution >= 4 is 35.6 Å². The lowest BCUT2D eigenvalue weighted by Crippen LogP contribution is -2.24. The van der Waals surface area contributed by atoms with Crippen LogP contribution in [0.4, 0.5) is 5.69 Å². The Morgan fingerprint density at radius 1 is 1.53 bits per heavy atom. The Morgan fingerprint density at radius 3 is 2.94 bits per heavy atom. The van der Waals surface area contributed by atoms with Crippen LogP contribution in [-0.4, -0.2) is 19.0 Å². The number of hydrogen-bond donors (Lipinski definition) is 2. The van der Waals surface area contributed by atoms with E-state index in [2.05, 4.69) is 10.6 Å². The molecule has 1 unspecified atom stereocenters. The van der Waals surface area contributed by atoms with Gasteiger partial charge in [-0.1, -0.05) is 17.7 Å². The van der Waals surface area contributed by atoms with Crippen molar-refractivity contribution < 1.29 is 4.79 Å². The Kier molecular flexibility index (Phi) is 5.25. The predicted molar refractivity (Wildman–Crippen MR) is 73.0 cm³/mol. The van der Waals surface area contributed by atoms with Gasteiger partial charge in [0, 0.05) is 17.3 Å². The summed E-state index contributed by atoms with van der Waals surface area (Å²) in [7, 11) is 0. The second kappa shape index (κ2) is 6.24. The van der Waals surface area contributed by atoms with E-state index < -0.39 is 0 Å². The summed E-state index contributed by atoms with van der Waals surface area (Å²) in [5.41, 5.74) is 1.73. The van der Waals surface area contributed by atoms with Gasteiger partial charge < -0.3 is 10.6 Å². The van der Waals surface area contributed by atoms with E-state index in [0.717, 1.165) is 30.8 Å². The van der Waals surface area contributed by atoms with Crippen molar-refractivity contribution in [1.82, 2.24) is 5.32 Å². The maximum absolute atomic E-state index is 11.9. The molecule has 1 aromatic carbocycles. The summed E-state index contributed by atoms with van der Waals surface area (Å²) in [6.45, 7) is 3.60. The number of nitrogens with one attached hydrogen (secondary N) is 2. The highest BCUT2D eigenvalue weighted by atomic mass is 35.5. The zero-order valence-corrected chi connectivity index (χ0v) is 11.2. The van der Waals surface area contributed by atoms with E-state index in [-0.39, 0.29) is 24.2 Å². The molecule has 1 fully saturated rings. The van der Waals surface area contributed by atoms with Crippen molar-refractivity contribution in [2.75, 3.05) is 18.4 Å². The highest BCUT2D eigenvalue weighted by Crippen LogP contribution is 2.23. The molecule has 1 saturated heterocycles. The third-order valence-corrected chi connectivity index (χ3v) is 3.37. The molecule has 1 heterocycles. The third-order valence-electron chi connectivity index (χ3n) is 2.96. The fraction of sp³-hybridized carbons (Fsp3) is 0.417. The second-order valence-electron chi connectivity index (χ2n) is 4.09. The quantitative estimate of drug-likeness (QED) is 0.871. The molecular weight excluding hydrogens is 259 g/mol. The normalized spacial score (nSPS) is 18.6. The standard InChI is InChI=1S/C12H15ClN2O.ClH/c1-8-10(13)3-2-4-11(8)15-12(16)9-5-6-14-7-9;/h2-4,9,14H,5-7H2,1H3,(H,15,16);1H. The second-order valence-corrected chi connectivity index (χ2v) is 4.50. The maximum Gasteiger partial charge on any atom is 0.228 e. The van der Waals surface area contributed by atoms with Crippen molar-refractivity contribution in [3.05, 3.63) is 28.8 Å². The molecular formula is C12H16Cl2N2O. The summed E-state index contributed by atoms with van der Waals surface area (Å²) in [5, 5.41) is 6.79. The predicted octanol–water partition coefficient (Wildman–Crippen LogP) is 2.62. The highest BCUT2D eigenvalue weighted by molar-refractivity contribution is 6.31. The number of anilines is 1. The van der Waals surface area contributed by atoms with Crippen LogP contribution < -0.4 is 10.6 Å². The first kappa shape index (κ1) is 14.3. The van der Waals surface area contributed by atoms with Crippen LogP contribution in [0.1, 0.15) is 12.0 Å². The van der Waals surface area contributed by atoms with Crippen LogP contribution in [0.2, 0.25) is 5.02 Å². The van der Waals surface area contributed by atoms with Crippen LogP contribution in [0, 0.1) is 12.8 Å². The monoisotopic (exact) mass is 274 g/mol. The number of halogens is 2. The van der Waals surface area contributed by atoms with Gasteiger partial charge in [0.15, 0.2) is 0 Å². The molecule has 2 rings (SSSR count). The third kappa shape index (κ3) is 3.35. The first-order valence-electron chi connectivity index (χ1n) is 5.45. The Hall–Kier alpha value is -0.770. The molecule has 3 nitrogen and oxygen atoms in total. The number of hydrogen-bond acceptors (Lipinski definition) is 2. The Labute approximate surface area is 112 Å². The average molecular weight is 275 g/mol. The number of rotatable bonds is 2. The smallest absolute Gasteiger partial charge is 0.228 e. The summed E-state index contributed by atoms with van der Waals surface area (Å²) < 4.78 is 0. The Morgan fingerprint density at radius 2 is 2.29 bits per heavy atom. The van der Waals surface area contributed by atoms with Gasteiger partial charge in [0.25, 0.3) is 0 Å². The van der Waals surface area contributed by atoms with Gasteiger partial charge in [-0.25, -0.2) is 0 Å². The lowest BCUT2D eigenvalue weighted by Gasteiger charge is -2.12. The molecule has 0 radical (unpaired) electrons. The SMILES string of the molecule is Cc1c(Cl)cccc1NC(=O)C1CCNC1.Cl. The van der Waals surface area contributed by atoms with Gasteiger partial charge >= 0.3 is 0 Å². The summed E-state index contributed by atoms with van der Waals surface area (Å²) in [6, 6.07) is 5.54. The lowest BCUT2D eigenvalue weighted by molar-refractivity contribution is -0.119. The van der Waals surface area contributed by atoms with Gasteiger partial charge in [-0.05, 0) is 37.6 Å². The van der Waals surface area contributed by atoms with Crippen molar-refractivity contribution in [1.29, 1.82) is 0 Å². The molecule has 1 amide bonds. The summed E-state index contributed by atoms with van der Waals surface area (Å²) >= 11 is 5.99. The average Bonchev–Trinajstić information content (AvgIpc) is 2.78. The van der Waals surface area contributed by atoms with E-state index in [1.807, 2.05) is 25.1 Å². The van der Waals surface area contributed by atoms with E-state index in [9.17, 15) is 4.79 Å². The van der Waals surface area contributed by atoms with E-state index in [4.69, 9.17) is 11.6 Å². The molecule has 2 N–H and O–H groups in total. The van der Waals surface area contributed by atoms with Crippen molar-refractivity contribution in [2.24, 2.45) is 5.92 Å². The minimum absolute atomic E-state index is 0. The maximum atomic E-state index is 11.9. The molecule has 1 aliphatic rings. The Balaban J connectivity index is 0.00000144. The van der Waals surface area contributed by atoms with Crippen LogP contribution in [0.15, 0.2) is 18.2 Å². The minimum atomic E-state index is 0. The first-order valence-corrected chi connectivity index (χ1v) is 5.83. The number of amides is 1. The van der Waals surface area contributed by atoms with Crippen molar-refractivity contribution in [2.45, 2.75) is 13.3 Å². The lowest BCUT2D eigenvalue weighted by atomic mass is 10.1. The number of carbonyl (C=O) groups excluding carboxylic acids is 1. The number of benzene rings is 1. The fourth-order valence-electron chi connectivity index (χ4n) is 1.86. The topological polar surface area (TPSA) is 41.1 Å². The molecule has 1 atom stereocenters. The van der Waals surface area contributed by atoms with Crippen LogP contribution in [0.25, 0.3) is 0 Å². The van der Waals surface area contributed by atoms with Crippen LogP contribution >= 0.6 is 24.0 Å². The molecule has 94 valence electrons. The summed E-state index contributed by atoms with van der Waals surface area (Å²) in [5.74, 6) is 0.161. The molecule has 0 saturated carbocycles. The highest BCUT2D eigenvalue weighted by Gasteiger charge is 2.22. The number of carbonyl (C=O) groups is 1. The molecule has 17 heavy (non-hydrogen) atoms. The molecule has 5 heteroatoms. The van der Waals surface area contributed by atoms with Gasteiger partial charge in [-0.3, -0.25) is 4.79 Å². The first-order chi connectivity index (χ1) is 7.68. The van der Waals surface area contributed by atoms with Crippen molar-refractivity contribution in [3.8, 4) is 0 Å². The van der Waals surface area contributed by atoms with Crippen LogP contribution in [0.3, 0.4) is 0 Å². The molecule has 0 aliphatic carbocycles. The van der Waals surface area contributed by atoms with Gasteiger partial charge in [0.1, 0.15) is 0 Å². The van der Waals surface area contributed by atoms with E-state index >= 15 is 0 Å². The minimum Gasteiger partial charge on any atom is -0.326 e.